The molecule has 0 bridgehead atoms. The van der Waals surface area contributed by atoms with E-state index in [2.05, 4.69) is 10.00 Å². The number of ether oxygens (including phenoxy) is 1. The van der Waals surface area contributed by atoms with Gasteiger partial charge >= 0.3 is 0 Å². The van der Waals surface area contributed by atoms with Crippen molar-refractivity contribution in [3.05, 3.63) is 77.5 Å². The van der Waals surface area contributed by atoms with Gasteiger partial charge in [0.05, 0.1) is 48.2 Å². The van der Waals surface area contributed by atoms with Gasteiger partial charge in [0, 0.05) is 26.2 Å². The van der Waals surface area contributed by atoms with Crippen LogP contribution in [-0.2, 0) is 14.3 Å². The summed E-state index contributed by atoms with van der Waals surface area (Å²) in [5.41, 5.74) is 1.89. The first kappa shape index (κ1) is 22.1. The number of likely N-dealkylation sites (tertiary alicyclic amines) is 1. The number of hydrogen-bond donors (Lipinski definition) is 1. The molecule has 2 aromatic heterocycles. The maximum Gasteiger partial charge on any atom is 0.295 e. The van der Waals surface area contributed by atoms with E-state index in [0.717, 1.165) is 18.8 Å². The predicted octanol–water partition coefficient (Wildman–Crippen LogP) is 2.53. The van der Waals surface area contributed by atoms with Crippen molar-refractivity contribution in [3.8, 4) is 5.69 Å². The van der Waals surface area contributed by atoms with Gasteiger partial charge in [0.1, 0.15) is 17.6 Å². The van der Waals surface area contributed by atoms with Crippen molar-refractivity contribution in [1.29, 1.82) is 0 Å². The molecule has 1 amide bonds. The Hall–Kier alpha value is -3.69. The summed E-state index contributed by atoms with van der Waals surface area (Å²) < 4.78 is 12.7. The highest BCUT2D eigenvalue weighted by molar-refractivity contribution is 6.46. The van der Waals surface area contributed by atoms with Gasteiger partial charge in [-0.2, -0.15) is 5.10 Å². The van der Waals surface area contributed by atoms with Gasteiger partial charge in [0.15, 0.2) is 0 Å². The van der Waals surface area contributed by atoms with Crippen LogP contribution < -0.4 is 0 Å². The lowest BCUT2D eigenvalue weighted by Gasteiger charge is -2.30. The molecular weight excluding hydrogens is 436 g/mol. The SMILES string of the molecule is Cc1c(/C(O)=C2\C(=O)C(=O)N(CCN3CCOCC3)[C@@H]2c2ccco2)cnn1-c1ccccc1. The number of benzene rings is 1. The summed E-state index contributed by atoms with van der Waals surface area (Å²) in [4.78, 5) is 29.9. The monoisotopic (exact) mass is 462 g/mol. The van der Waals surface area contributed by atoms with Crippen molar-refractivity contribution >= 4 is 17.4 Å². The number of Topliss-reactive ketones (excluding diaryl/α,β-unsaturated/α-hetero) is 1. The molecule has 0 aliphatic carbocycles. The van der Waals surface area contributed by atoms with Crippen LogP contribution in [0.15, 0.2) is 64.9 Å². The fourth-order valence-corrected chi connectivity index (χ4v) is 4.54. The molecule has 2 saturated heterocycles. The van der Waals surface area contributed by atoms with Gasteiger partial charge in [0.25, 0.3) is 11.7 Å². The number of nitrogens with zero attached hydrogens (tertiary/aromatic N) is 4. The summed E-state index contributed by atoms with van der Waals surface area (Å²) in [6.45, 7) is 5.57. The Morgan fingerprint density at radius 1 is 1.09 bits per heavy atom. The Morgan fingerprint density at radius 2 is 1.85 bits per heavy atom. The van der Waals surface area contributed by atoms with Crippen LogP contribution in [0.4, 0.5) is 0 Å². The molecule has 5 rings (SSSR count). The van der Waals surface area contributed by atoms with Crippen LogP contribution in [0, 0.1) is 6.92 Å². The molecule has 1 aromatic carbocycles. The number of amides is 1. The van der Waals surface area contributed by atoms with Crippen LogP contribution in [0.3, 0.4) is 0 Å². The van der Waals surface area contributed by atoms with Gasteiger partial charge in [-0.15, -0.1) is 0 Å². The molecule has 0 saturated carbocycles. The average molecular weight is 463 g/mol. The maximum atomic E-state index is 13.2. The molecule has 4 heterocycles. The molecule has 0 unspecified atom stereocenters. The van der Waals surface area contributed by atoms with Crippen LogP contribution in [0.1, 0.15) is 23.1 Å². The first-order valence-electron chi connectivity index (χ1n) is 11.3. The second kappa shape index (κ2) is 9.28. The Morgan fingerprint density at radius 3 is 2.56 bits per heavy atom. The van der Waals surface area contributed by atoms with E-state index in [1.807, 2.05) is 37.3 Å². The van der Waals surface area contributed by atoms with E-state index < -0.39 is 17.7 Å². The summed E-state index contributed by atoms with van der Waals surface area (Å²) in [7, 11) is 0. The molecule has 9 nitrogen and oxygen atoms in total. The van der Waals surface area contributed by atoms with E-state index in [4.69, 9.17) is 9.15 Å². The number of rotatable bonds is 6. The second-order valence-electron chi connectivity index (χ2n) is 8.35. The van der Waals surface area contributed by atoms with Gasteiger partial charge in [-0.1, -0.05) is 18.2 Å². The highest BCUT2D eigenvalue weighted by Gasteiger charge is 2.47. The van der Waals surface area contributed by atoms with Crippen LogP contribution in [0.25, 0.3) is 11.4 Å². The molecule has 176 valence electrons. The van der Waals surface area contributed by atoms with Gasteiger partial charge in [-0.05, 0) is 31.2 Å². The largest absolute Gasteiger partial charge is 0.507 e. The zero-order valence-electron chi connectivity index (χ0n) is 18.9. The fraction of sp³-hybridized carbons (Fsp3) is 0.320. The highest BCUT2D eigenvalue weighted by atomic mass is 16.5. The topological polar surface area (TPSA) is 101 Å². The van der Waals surface area contributed by atoms with Crippen molar-refractivity contribution in [2.24, 2.45) is 0 Å². The molecule has 0 spiro atoms. The zero-order chi connectivity index (χ0) is 23.7. The number of para-hydroxylation sites is 1. The first-order valence-corrected chi connectivity index (χ1v) is 11.3. The van der Waals surface area contributed by atoms with Crippen molar-refractivity contribution in [3.63, 3.8) is 0 Å². The summed E-state index contributed by atoms with van der Waals surface area (Å²) >= 11 is 0. The van der Waals surface area contributed by atoms with E-state index in [9.17, 15) is 14.7 Å². The quantitative estimate of drug-likeness (QED) is 0.341. The normalized spacial score (nSPS) is 20.9. The van der Waals surface area contributed by atoms with Crippen molar-refractivity contribution < 1.29 is 23.8 Å². The molecular formula is C25H26N4O5. The van der Waals surface area contributed by atoms with Gasteiger partial charge < -0.3 is 19.2 Å². The molecule has 1 atom stereocenters. The van der Waals surface area contributed by atoms with E-state index in [1.54, 1.807) is 16.8 Å². The lowest BCUT2D eigenvalue weighted by Crippen LogP contribution is -2.42. The molecule has 2 aliphatic heterocycles. The Balaban J connectivity index is 1.52. The summed E-state index contributed by atoms with van der Waals surface area (Å²) in [5.74, 6) is -1.21. The van der Waals surface area contributed by atoms with E-state index in [0.29, 0.717) is 43.3 Å². The van der Waals surface area contributed by atoms with Crippen LogP contribution >= 0.6 is 0 Å². The number of aliphatic hydroxyl groups is 1. The predicted molar refractivity (Wildman–Crippen MR) is 123 cm³/mol. The second-order valence-corrected chi connectivity index (χ2v) is 8.35. The van der Waals surface area contributed by atoms with E-state index >= 15 is 0 Å². The van der Waals surface area contributed by atoms with Crippen molar-refractivity contribution in [2.45, 2.75) is 13.0 Å². The Kier molecular flexibility index (Phi) is 6.04. The standard InChI is InChI=1S/C25H26N4O5/c1-17-19(16-26-29(17)18-6-3-2-4-7-18)23(30)21-22(20-8-5-13-34-20)28(25(32)24(21)31)10-9-27-11-14-33-15-12-27/h2-8,13,16,22,30H,9-12,14-15H2,1H3/b23-21+/t22-/m1/s1. The number of aromatic nitrogens is 2. The zero-order valence-corrected chi connectivity index (χ0v) is 18.9. The van der Waals surface area contributed by atoms with Crippen molar-refractivity contribution in [1.82, 2.24) is 19.6 Å². The van der Waals surface area contributed by atoms with Gasteiger partial charge in [-0.3, -0.25) is 14.5 Å². The number of ketones is 1. The number of carbonyl (C=O) groups is 2. The van der Waals surface area contributed by atoms with Crippen LogP contribution in [0.2, 0.25) is 0 Å². The van der Waals surface area contributed by atoms with E-state index in [1.165, 1.54) is 17.4 Å². The van der Waals surface area contributed by atoms with Crippen molar-refractivity contribution in [2.75, 3.05) is 39.4 Å². The summed E-state index contributed by atoms with van der Waals surface area (Å²) in [6.07, 6.45) is 3.01. The molecule has 9 heteroatoms. The molecule has 2 fully saturated rings. The third-order valence-electron chi connectivity index (χ3n) is 6.38. The first-order chi connectivity index (χ1) is 16.6. The number of carbonyl (C=O) groups excluding carboxylic acids is 2. The van der Waals surface area contributed by atoms with Gasteiger partial charge in [-0.25, -0.2) is 4.68 Å². The number of aliphatic hydroxyl groups excluding tert-OH is 1. The molecule has 3 aromatic rings. The fourth-order valence-electron chi connectivity index (χ4n) is 4.54. The lowest BCUT2D eigenvalue weighted by molar-refractivity contribution is -0.140. The highest BCUT2D eigenvalue weighted by Crippen LogP contribution is 2.40. The molecule has 2 aliphatic rings. The summed E-state index contributed by atoms with van der Waals surface area (Å²) in [6, 6.07) is 12.1. The van der Waals surface area contributed by atoms with E-state index in [-0.39, 0.29) is 11.3 Å². The third kappa shape index (κ3) is 3.93. The van der Waals surface area contributed by atoms with Gasteiger partial charge in [0.2, 0.25) is 0 Å². The molecule has 34 heavy (non-hydrogen) atoms. The summed E-state index contributed by atoms with van der Waals surface area (Å²) in [5, 5.41) is 15.7. The molecule has 1 N–H and O–H groups in total. The Bertz CT molecular complexity index is 1210. The number of hydrogen-bond acceptors (Lipinski definition) is 7. The number of morpholine rings is 1. The Labute approximate surface area is 196 Å². The minimum atomic E-state index is -0.810. The van der Waals surface area contributed by atoms with Crippen LogP contribution in [-0.4, -0.2) is 75.8 Å². The minimum absolute atomic E-state index is 0.0117. The van der Waals surface area contributed by atoms with Crippen LogP contribution in [0.5, 0.6) is 0 Å². The lowest BCUT2D eigenvalue weighted by atomic mass is 9.99. The third-order valence-corrected chi connectivity index (χ3v) is 6.38. The number of furan rings is 1. The smallest absolute Gasteiger partial charge is 0.295 e. The minimum Gasteiger partial charge on any atom is -0.507 e. The maximum absolute atomic E-state index is 13.2. The molecule has 0 radical (unpaired) electrons. The average Bonchev–Trinajstić information content (AvgIpc) is 3.58.